The Bertz CT molecular complexity index is 1480. The molecule has 39 heavy (non-hydrogen) atoms. The lowest BCUT2D eigenvalue weighted by Gasteiger charge is -2.33. The highest BCUT2D eigenvalue weighted by atomic mass is 19.4. The van der Waals surface area contributed by atoms with Crippen LogP contribution in [0.25, 0.3) is 0 Å². The van der Waals surface area contributed by atoms with Crippen molar-refractivity contribution in [3.05, 3.63) is 113 Å². The highest BCUT2D eigenvalue weighted by molar-refractivity contribution is 5.70. The third-order valence-electron chi connectivity index (χ3n) is 7.57. The molecule has 1 unspecified atom stereocenters. The monoisotopic (exact) mass is 530 g/mol. The normalized spacial score (nSPS) is 14.3. The van der Waals surface area contributed by atoms with Gasteiger partial charge in [0.15, 0.2) is 0 Å². The van der Waals surface area contributed by atoms with E-state index in [0.717, 1.165) is 53.2 Å². The minimum Gasteiger partial charge on any atom is -0.457 e. The van der Waals surface area contributed by atoms with Gasteiger partial charge in [0.25, 0.3) is 0 Å². The molecule has 0 saturated heterocycles. The molecule has 1 atom stereocenters. The number of rotatable bonds is 7. The van der Waals surface area contributed by atoms with Gasteiger partial charge in [0, 0.05) is 59.8 Å². The predicted octanol–water partition coefficient (Wildman–Crippen LogP) is 9.30. The smallest absolute Gasteiger partial charge is 0.416 e. The van der Waals surface area contributed by atoms with Crippen LogP contribution in [0.1, 0.15) is 54.5 Å². The molecule has 0 N–H and O–H groups in total. The fourth-order valence-electron chi connectivity index (χ4n) is 5.55. The minimum absolute atomic E-state index is 0.0733. The van der Waals surface area contributed by atoms with Crippen molar-refractivity contribution in [2.45, 2.75) is 39.8 Å². The van der Waals surface area contributed by atoms with Crippen LogP contribution in [0.4, 0.5) is 30.2 Å². The summed E-state index contributed by atoms with van der Waals surface area (Å²) >= 11 is 0. The van der Waals surface area contributed by atoms with E-state index in [2.05, 4.69) is 62.1 Å². The fraction of sp³-hybridized carbons (Fsp3) is 0.273. The van der Waals surface area contributed by atoms with E-state index >= 15 is 0 Å². The molecule has 4 aromatic carbocycles. The zero-order valence-corrected chi connectivity index (χ0v) is 22.7. The fourth-order valence-corrected chi connectivity index (χ4v) is 5.55. The summed E-state index contributed by atoms with van der Waals surface area (Å²) in [6.07, 6.45) is -4.40. The molecule has 0 bridgehead atoms. The zero-order chi connectivity index (χ0) is 27.7. The zero-order valence-electron chi connectivity index (χ0n) is 22.7. The molecule has 0 radical (unpaired) electrons. The average Bonchev–Trinajstić information content (AvgIpc) is 2.93. The number of fused-ring (bicyclic) bond motifs is 2. The van der Waals surface area contributed by atoms with Crippen molar-refractivity contribution in [2.75, 3.05) is 29.4 Å². The van der Waals surface area contributed by atoms with Crippen LogP contribution in [-0.2, 0) is 6.18 Å². The van der Waals surface area contributed by atoms with Gasteiger partial charge in [0.2, 0.25) is 0 Å². The summed E-state index contributed by atoms with van der Waals surface area (Å²) in [5.41, 5.74) is 6.20. The van der Waals surface area contributed by atoms with Crippen molar-refractivity contribution in [2.24, 2.45) is 0 Å². The van der Waals surface area contributed by atoms with E-state index < -0.39 is 11.7 Å². The molecule has 3 nitrogen and oxygen atoms in total. The third kappa shape index (κ3) is 5.08. The summed E-state index contributed by atoms with van der Waals surface area (Å²) in [5, 5.41) is 0. The summed E-state index contributed by atoms with van der Waals surface area (Å²) in [7, 11) is 0. The Morgan fingerprint density at radius 2 is 1.38 bits per heavy atom. The maximum absolute atomic E-state index is 13.5. The van der Waals surface area contributed by atoms with Crippen LogP contribution in [0, 0.1) is 6.92 Å². The van der Waals surface area contributed by atoms with E-state index in [0.29, 0.717) is 12.2 Å². The molecule has 202 valence electrons. The van der Waals surface area contributed by atoms with Gasteiger partial charge in [-0.3, -0.25) is 0 Å². The van der Waals surface area contributed by atoms with Gasteiger partial charge in [-0.05, 0) is 81.3 Å². The molecule has 0 amide bonds. The number of alkyl halides is 3. The first kappa shape index (κ1) is 26.7. The van der Waals surface area contributed by atoms with Crippen molar-refractivity contribution >= 4 is 17.1 Å². The van der Waals surface area contributed by atoms with E-state index in [4.69, 9.17) is 4.74 Å². The SMILES string of the molecule is CCN(CC)c1ccc2c(c1)Oc1ccc(N(CC)c3cccc(C(F)(F)F)c3)cc1C2c1ccccc1C. The van der Waals surface area contributed by atoms with Crippen LogP contribution in [-0.4, -0.2) is 19.6 Å². The van der Waals surface area contributed by atoms with Crippen LogP contribution >= 0.6 is 0 Å². The van der Waals surface area contributed by atoms with E-state index in [1.54, 1.807) is 6.07 Å². The molecule has 0 spiro atoms. The Labute approximate surface area is 228 Å². The predicted molar refractivity (Wildman–Crippen MR) is 153 cm³/mol. The lowest BCUT2D eigenvalue weighted by atomic mass is 9.80. The number of hydrogen-bond acceptors (Lipinski definition) is 3. The average molecular weight is 531 g/mol. The molecule has 0 fully saturated rings. The molecular formula is C33H33F3N2O. The summed E-state index contributed by atoms with van der Waals surface area (Å²) in [5.74, 6) is 1.52. The van der Waals surface area contributed by atoms with Gasteiger partial charge >= 0.3 is 6.18 Å². The van der Waals surface area contributed by atoms with Gasteiger partial charge < -0.3 is 14.5 Å². The molecule has 0 aliphatic carbocycles. The highest BCUT2D eigenvalue weighted by Gasteiger charge is 2.32. The van der Waals surface area contributed by atoms with Crippen LogP contribution < -0.4 is 14.5 Å². The molecule has 1 heterocycles. The number of halogens is 3. The van der Waals surface area contributed by atoms with Crippen molar-refractivity contribution in [3.63, 3.8) is 0 Å². The van der Waals surface area contributed by atoms with Crippen molar-refractivity contribution in [1.29, 1.82) is 0 Å². The van der Waals surface area contributed by atoms with E-state index in [1.165, 1.54) is 23.3 Å². The summed E-state index contributed by atoms with van der Waals surface area (Å²) in [6, 6.07) is 26.2. The molecule has 5 rings (SSSR count). The molecule has 0 aromatic heterocycles. The first-order valence-electron chi connectivity index (χ1n) is 13.5. The Hall–Kier alpha value is -3.93. The molecule has 1 aliphatic rings. The van der Waals surface area contributed by atoms with Gasteiger partial charge in [-0.2, -0.15) is 13.2 Å². The Balaban J connectivity index is 1.64. The standard InChI is InChI=1S/C33H33F3N2O/c1-5-37(6-2)24-15-17-28-31(21-24)39-30-18-16-26(20-29(30)32(28)27-14-9-8-11-22(27)4)38(7-3)25-13-10-12-23(19-25)33(34,35)36/h8-21,32H,5-7H2,1-4H3. The van der Waals surface area contributed by atoms with E-state index in [-0.39, 0.29) is 5.92 Å². The van der Waals surface area contributed by atoms with Crippen molar-refractivity contribution in [1.82, 2.24) is 0 Å². The Morgan fingerprint density at radius 1 is 0.667 bits per heavy atom. The third-order valence-corrected chi connectivity index (χ3v) is 7.57. The van der Waals surface area contributed by atoms with E-state index in [1.807, 2.05) is 36.1 Å². The van der Waals surface area contributed by atoms with Gasteiger partial charge in [-0.25, -0.2) is 0 Å². The maximum Gasteiger partial charge on any atom is 0.416 e. The lowest BCUT2D eigenvalue weighted by molar-refractivity contribution is -0.137. The van der Waals surface area contributed by atoms with Gasteiger partial charge in [0.1, 0.15) is 11.5 Å². The number of benzene rings is 4. The van der Waals surface area contributed by atoms with Crippen molar-refractivity contribution in [3.8, 4) is 11.5 Å². The number of anilines is 3. The minimum atomic E-state index is -4.40. The number of nitrogens with zero attached hydrogens (tertiary/aromatic N) is 2. The molecule has 6 heteroatoms. The van der Waals surface area contributed by atoms with E-state index in [9.17, 15) is 13.2 Å². The summed E-state index contributed by atoms with van der Waals surface area (Å²) < 4.78 is 46.9. The first-order chi connectivity index (χ1) is 18.7. The number of hydrogen-bond donors (Lipinski definition) is 0. The van der Waals surface area contributed by atoms with Crippen molar-refractivity contribution < 1.29 is 17.9 Å². The van der Waals surface area contributed by atoms with Gasteiger partial charge in [-0.1, -0.05) is 36.4 Å². The number of ether oxygens (including phenoxy) is 1. The van der Waals surface area contributed by atoms with Gasteiger partial charge in [0.05, 0.1) is 5.56 Å². The lowest BCUT2D eigenvalue weighted by Crippen LogP contribution is -2.22. The maximum atomic E-state index is 13.5. The second-order valence-corrected chi connectivity index (χ2v) is 9.80. The molecule has 1 aliphatic heterocycles. The summed E-state index contributed by atoms with van der Waals surface area (Å²) in [6.45, 7) is 10.6. The van der Waals surface area contributed by atoms with Crippen LogP contribution in [0.15, 0.2) is 84.9 Å². The highest BCUT2D eigenvalue weighted by Crippen LogP contribution is 2.50. The second kappa shape index (κ2) is 10.7. The molecule has 0 saturated carbocycles. The largest absolute Gasteiger partial charge is 0.457 e. The van der Waals surface area contributed by atoms with Gasteiger partial charge in [-0.15, -0.1) is 0 Å². The quantitative estimate of drug-likeness (QED) is 0.209. The Morgan fingerprint density at radius 3 is 2.08 bits per heavy atom. The second-order valence-electron chi connectivity index (χ2n) is 9.80. The topological polar surface area (TPSA) is 15.7 Å². The Kier molecular flexibility index (Phi) is 7.30. The molecular weight excluding hydrogens is 497 g/mol. The first-order valence-corrected chi connectivity index (χ1v) is 13.5. The van der Waals surface area contributed by atoms with Crippen LogP contribution in [0.5, 0.6) is 11.5 Å². The molecule has 4 aromatic rings. The van der Waals surface area contributed by atoms with Crippen LogP contribution in [0.2, 0.25) is 0 Å². The number of aryl methyl sites for hydroxylation is 1. The van der Waals surface area contributed by atoms with Crippen LogP contribution in [0.3, 0.4) is 0 Å². The summed E-state index contributed by atoms with van der Waals surface area (Å²) in [4.78, 5) is 4.20.